The van der Waals surface area contributed by atoms with Gasteiger partial charge in [-0.3, -0.25) is 4.79 Å². The number of aromatic nitrogens is 2. The lowest BCUT2D eigenvalue weighted by Crippen LogP contribution is -2.54. The van der Waals surface area contributed by atoms with Crippen LogP contribution in [0.15, 0.2) is 36.4 Å². The molecule has 1 amide bonds. The summed E-state index contributed by atoms with van der Waals surface area (Å²) >= 11 is 0. The maximum absolute atomic E-state index is 12.9. The molecule has 2 saturated heterocycles. The van der Waals surface area contributed by atoms with Gasteiger partial charge in [0.15, 0.2) is 23.1 Å². The van der Waals surface area contributed by atoms with Crippen molar-refractivity contribution in [1.82, 2.24) is 15.1 Å². The summed E-state index contributed by atoms with van der Waals surface area (Å²) in [5.41, 5.74) is 0. The molecule has 2 fully saturated rings. The van der Waals surface area contributed by atoms with Crippen LogP contribution in [-0.4, -0.2) is 73.0 Å². The van der Waals surface area contributed by atoms with Crippen LogP contribution in [0, 0.1) is 0 Å². The van der Waals surface area contributed by atoms with Crippen LogP contribution >= 0.6 is 0 Å². The van der Waals surface area contributed by atoms with Crippen LogP contribution in [0.3, 0.4) is 0 Å². The van der Waals surface area contributed by atoms with Crippen LogP contribution in [0.1, 0.15) is 19.3 Å². The van der Waals surface area contributed by atoms with Crippen molar-refractivity contribution in [3.05, 3.63) is 36.4 Å². The van der Waals surface area contributed by atoms with Crippen molar-refractivity contribution >= 4 is 17.5 Å². The molecule has 158 valence electrons. The van der Waals surface area contributed by atoms with E-state index in [2.05, 4.69) is 26.1 Å². The number of carbonyl (C=O) groups excluding carboxylic acids is 1. The highest BCUT2D eigenvalue weighted by atomic mass is 16.6. The zero-order chi connectivity index (χ0) is 20.3. The molecule has 3 aliphatic rings. The number of piperidine rings is 1. The first-order chi connectivity index (χ1) is 14.8. The molecule has 8 nitrogen and oxygen atoms in total. The maximum Gasteiger partial charge on any atom is 0.267 e. The lowest BCUT2D eigenvalue weighted by molar-refractivity contribution is -0.141. The molecule has 4 heterocycles. The quantitative estimate of drug-likeness (QED) is 0.767. The standard InChI is InChI=1S/C22H27N5O3/c28-22(19-16-29-17-6-2-3-7-18(17)30-19)27-14-12-26(13-15-27)21-9-8-20(23-24-21)25-10-4-1-5-11-25/h2-3,6-9,19H,1,4-5,10-16H2. The van der Waals surface area contributed by atoms with E-state index in [9.17, 15) is 4.79 Å². The van der Waals surface area contributed by atoms with Crippen LogP contribution in [0.25, 0.3) is 0 Å². The van der Waals surface area contributed by atoms with Crippen LogP contribution in [0.2, 0.25) is 0 Å². The molecule has 0 bridgehead atoms. The molecule has 5 rings (SSSR count). The van der Waals surface area contributed by atoms with Crippen LogP contribution in [-0.2, 0) is 4.79 Å². The summed E-state index contributed by atoms with van der Waals surface area (Å²) in [4.78, 5) is 19.2. The fraction of sp³-hybridized carbons (Fsp3) is 0.500. The van der Waals surface area contributed by atoms with Gasteiger partial charge in [0.25, 0.3) is 5.91 Å². The van der Waals surface area contributed by atoms with Crippen molar-refractivity contribution in [3.63, 3.8) is 0 Å². The SMILES string of the molecule is O=C(C1COc2ccccc2O1)N1CCN(c2ccc(N3CCCCC3)nn2)CC1. The zero-order valence-corrected chi connectivity index (χ0v) is 17.1. The zero-order valence-electron chi connectivity index (χ0n) is 17.1. The number of fused-ring (bicyclic) bond motifs is 1. The van der Waals surface area contributed by atoms with E-state index in [4.69, 9.17) is 9.47 Å². The van der Waals surface area contributed by atoms with Crippen LogP contribution < -0.4 is 19.3 Å². The number of hydrogen-bond acceptors (Lipinski definition) is 7. The van der Waals surface area contributed by atoms with Gasteiger partial charge < -0.3 is 24.2 Å². The van der Waals surface area contributed by atoms with Crippen LogP contribution in [0.4, 0.5) is 11.6 Å². The Bertz CT molecular complexity index is 877. The summed E-state index contributed by atoms with van der Waals surface area (Å²) in [6.07, 6.45) is 3.16. The molecular weight excluding hydrogens is 382 g/mol. The Morgan fingerprint density at radius 3 is 2.10 bits per heavy atom. The molecule has 1 atom stereocenters. The van der Waals surface area contributed by atoms with Crippen LogP contribution in [0.5, 0.6) is 11.5 Å². The normalized spacial score (nSPS) is 21.5. The van der Waals surface area contributed by atoms with E-state index in [1.54, 1.807) is 0 Å². The van der Waals surface area contributed by atoms with Gasteiger partial charge in [0.1, 0.15) is 6.61 Å². The highest BCUT2D eigenvalue weighted by Crippen LogP contribution is 2.31. The van der Waals surface area contributed by atoms with E-state index in [0.717, 1.165) is 37.8 Å². The number of ether oxygens (including phenoxy) is 2. The summed E-state index contributed by atoms with van der Waals surface area (Å²) in [6.45, 7) is 5.10. The molecule has 0 saturated carbocycles. The summed E-state index contributed by atoms with van der Waals surface area (Å²) in [5.74, 6) is 3.13. The van der Waals surface area contributed by atoms with E-state index >= 15 is 0 Å². The van der Waals surface area contributed by atoms with Gasteiger partial charge in [-0.1, -0.05) is 12.1 Å². The molecule has 30 heavy (non-hydrogen) atoms. The van der Waals surface area contributed by atoms with E-state index in [1.807, 2.05) is 35.2 Å². The Morgan fingerprint density at radius 1 is 0.800 bits per heavy atom. The molecule has 1 aromatic carbocycles. The molecule has 1 aromatic heterocycles. The van der Waals surface area contributed by atoms with E-state index < -0.39 is 6.10 Å². The smallest absolute Gasteiger partial charge is 0.267 e. The van der Waals surface area contributed by atoms with Crippen molar-refractivity contribution in [2.45, 2.75) is 25.4 Å². The first-order valence-electron chi connectivity index (χ1n) is 10.8. The second kappa shape index (κ2) is 8.38. The minimum Gasteiger partial charge on any atom is -0.485 e. The molecule has 1 unspecified atom stereocenters. The summed E-state index contributed by atoms with van der Waals surface area (Å²) < 4.78 is 11.6. The fourth-order valence-electron chi connectivity index (χ4n) is 4.28. The average molecular weight is 409 g/mol. The number of benzene rings is 1. The highest BCUT2D eigenvalue weighted by molar-refractivity contribution is 5.82. The molecule has 2 aromatic rings. The number of anilines is 2. The van der Waals surface area contributed by atoms with Gasteiger partial charge in [-0.2, -0.15) is 0 Å². The second-order valence-corrected chi connectivity index (χ2v) is 7.97. The van der Waals surface area contributed by atoms with Gasteiger partial charge in [0, 0.05) is 39.3 Å². The largest absolute Gasteiger partial charge is 0.485 e. The number of piperazine rings is 1. The topological polar surface area (TPSA) is 71.0 Å². The fourth-order valence-corrected chi connectivity index (χ4v) is 4.28. The van der Waals surface area contributed by atoms with Gasteiger partial charge in [-0.05, 0) is 43.5 Å². The Labute approximate surface area is 176 Å². The third-order valence-corrected chi connectivity index (χ3v) is 6.02. The lowest BCUT2D eigenvalue weighted by Gasteiger charge is -2.37. The Morgan fingerprint density at radius 2 is 1.43 bits per heavy atom. The monoisotopic (exact) mass is 409 g/mol. The average Bonchev–Trinajstić information content (AvgIpc) is 2.84. The number of nitrogens with zero attached hydrogens (tertiary/aromatic N) is 5. The van der Waals surface area contributed by atoms with Crippen molar-refractivity contribution in [3.8, 4) is 11.5 Å². The van der Waals surface area contributed by atoms with Gasteiger partial charge >= 0.3 is 0 Å². The third kappa shape index (κ3) is 3.86. The summed E-state index contributed by atoms with van der Waals surface area (Å²) in [7, 11) is 0. The van der Waals surface area contributed by atoms with Gasteiger partial charge in [0.2, 0.25) is 6.10 Å². The predicted molar refractivity (Wildman–Crippen MR) is 113 cm³/mol. The second-order valence-electron chi connectivity index (χ2n) is 7.97. The third-order valence-electron chi connectivity index (χ3n) is 6.02. The summed E-state index contributed by atoms with van der Waals surface area (Å²) in [6, 6.07) is 11.6. The van der Waals surface area contributed by atoms with Gasteiger partial charge in [0.05, 0.1) is 0 Å². The van der Waals surface area contributed by atoms with Gasteiger partial charge in [-0.15, -0.1) is 10.2 Å². The van der Waals surface area contributed by atoms with E-state index in [-0.39, 0.29) is 12.5 Å². The molecular formula is C22H27N5O3. The Hall–Kier alpha value is -3.03. The first kappa shape index (κ1) is 19.0. The number of para-hydroxylation sites is 2. The molecule has 8 heteroatoms. The number of carbonyl (C=O) groups is 1. The Kier molecular flexibility index (Phi) is 5.29. The van der Waals surface area contributed by atoms with Crippen molar-refractivity contribution < 1.29 is 14.3 Å². The number of amides is 1. The lowest BCUT2D eigenvalue weighted by atomic mass is 10.1. The number of hydrogen-bond donors (Lipinski definition) is 0. The molecule has 0 radical (unpaired) electrons. The van der Waals surface area contributed by atoms with Crippen molar-refractivity contribution in [1.29, 1.82) is 0 Å². The van der Waals surface area contributed by atoms with Crippen molar-refractivity contribution in [2.24, 2.45) is 0 Å². The van der Waals surface area contributed by atoms with E-state index in [1.165, 1.54) is 19.3 Å². The minimum atomic E-state index is -0.588. The molecule has 0 spiro atoms. The maximum atomic E-state index is 12.9. The molecule has 3 aliphatic heterocycles. The van der Waals surface area contributed by atoms with Crippen molar-refractivity contribution in [2.75, 3.05) is 55.7 Å². The number of rotatable bonds is 3. The summed E-state index contributed by atoms with van der Waals surface area (Å²) in [5, 5.41) is 8.89. The molecule has 0 N–H and O–H groups in total. The predicted octanol–water partition coefficient (Wildman–Crippen LogP) is 1.96. The highest BCUT2D eigenvalue weighted by Gasteiger charge is 2.33. The minimum absolute atomic E-state index is 0.0179. The first-order valence-corrected chi connectivity index (χ1v) is 10.8. The van der Waals surface area contributed by atoms with Gasteiger partial charge in [-0.25, -0.2) is 0 Å². The molecule has 0 aliphatic carbocycles. The van der Waals surface area contributed by atoms with E-state index in [0.29, 0.717) is 24.6 Å². The Balaban J connectivity index is 1.16.